The van der Waals surface area contributed by atoms with Gasteiger partial charge in [0.15, 0.2) is 5.96 Å². The molecule has 1 aromatic rings. The van der Waals surface area contributed by atoms with E-state index in [9.17, 15) is 0 Å². The molecule has 0 spiro atoms. The number of halogens is 1. The van der Waals surface area contributed by atoms with Gasteiger partial charge in [0.25, 0.3) is 0 Å². The van der Waals surface area contributed by atoms with Crippen molar-refractivity contribution in [3.63, 3.8) is 0 Å². The highest BCUT2D eigenvalue weighted by atomic mass is 127. The summed E-state index contributed by atoms with van der Waals surface area (Å²) >= 11 is 0. The predicted octanol–water partition coefficient (Wildman–Crippen LogP) is 3.66. The molecule has 1 heterocycles. The number of likely N-dealkylation sites (tertiary alicyclic amines) is 1. The number of rotatable bonds is 5. The summed E-state index contributed by atoms with van der Waals surface area (Å²) in [7, 11) is 1.87. The maximum absolute atomic E-state index is 5.73. The number of aliphatic imine (C=N–C) groups is 1. The quantitative estimate of drug-likeness (QED) is 0.427. The molecule has 1 aromatic carbocycles. The molecule has 0 aliphatic carbocycles. The SMILES string of the molecule is CCOC1CCN(C(=NC)NCC(C)(C)c2ccccc2)CC1.I. The number of benzene rings is 1. The summed E-state index contributed by atoms with van der Waals surface area (Å²) in [5.41, 5.74) is 1.42. The van der Waals surface area contributed by atoms with Crippen molar-refractivity contribution in [3.05, 3.63) is 35.9 Å². The van der Waals surface area contributed by atoms with Crippen LogP contribution in [0.25, 0.3) is 0 Å². The van der Waals surface area contributed by atoms with E-state index in [4.69, 9.17) is 4.74 Å². The Labute approximate surface area is 164 Å². The smallest absolute Gasteiger partial charge is 0.193 e. The van der Waals surface area contributed by atoms with Gasteiger partial charge in [-0.15, -0.1) is 24.0 Å². The number of nitrogens with one attached hydrogen (secondary N) is 1. The molecule has 0 atom stereocenters. The minimum atomic E-state index is 0. The Balaban J connectivity index is 0.00000288. The van der Waals surface area contributed by atoms with Gasteiger partial charge in [-0.2, -0.15) is 0 Å². The molecule has 4 nitrogen and oxygen atoms in total. The molecule has 0 radical (unpaired) electrons. The van der Waals surface area contributed by atoms with E-state index in [2.05, 4.69) is 66.3 Å². The molecule has 1 saturated heterocycles. The lowest BCUT2D eigenvalue weighted by Gasteiger charge is -2.35. The van der Waals surface area contributed by atoms with Crippen molar-refractivity contribution in [2.75, 3.05) is 33.3 Å². The predicted molar refractivity (Wildman–Crippen MR) is 112 cm³/mol. The molecular formula is C19H32IN3O. The van der Waals surface area contributed by atoms with Gasteiger partial charge < -0.3 is 15.0 Å². The third-order valence-corrected chi connectivity index (χ3v) is 4.60. The third-order valence-electron chi connectivity index (χ3n) is 4.60. The summed E-state index contributed by atoms with van der Waals surface area (Å²) in [5.74, 6) is 1.00. The molecule has 5 heteroatoms. The van der Waals surface area contributed by atoms with Crippen molar-refractivity contribution < 1.29 is 4.74 Å². The number of nitrogens with zero attached hydrogens (tertiary/aromatic N) is 2. The van der Waals surface area contributed by atoms with Crippen LogP contribution in [0.15, 0.2) is 35.3 Å². The first-order valence-electron chi connectivity index (χ1n) is 8.69. The fourth-order valence-corrected chi connectivity index (χ4v) is 3.09. The Morgan fingerprint density at radius 1 is 1.25 bits per heavy atom. The Morgan fingerprint density at radius 3 is 2.42 bits per heavy atom. The fourth-order valence-electron chi connectivity index (χ4n) is 3.09. The minimum absolute atomic E-state index is 0. The van der Waals surface area contributed by atoms with Gasteiger partial charge in [0.05, 0.1) is 6.10 Å². The van der Waals surface area contributed by atoms with E-state index in [0.717, 1.165) is 45.0 Å². The van der Waals surface area contributed by atoms with Gasteiger partial charge in [-0.05, 0) is 25.3 Å². The number of ether oxygens (including phenoxy) is 1. The van der Waals surface area contributed by atoms with E-state index in [1.807, 2.05) is 7.05 Å². The van der Waals surface area contributed by atoms with Crippen LogP contribution < -0.4 is 5.32 Å². The van der Waals surface area contributed by atoms with Crippen molar-refractivity contribution in [1.29, 1.82) is 0 Å². The zero-order valence-electron chi connectivity index (χ0n) is 15.4. The minimum Gasteiger partial charge on any atom is -0.378 e. The first kappa shape index (κ1) is 21.2. The second-order valence-electron chi connectivity index (χ2n) is 6.79. The first-order chi connectivity index (χ1) is 11.1. The molecule has 0 bridgehead atoms. The average molecular weight is 445 g/mol. The van der Waals surface area contributed by atoms with Crippen LogP contribution in [-0.4, -0.2) is 50.3 Å². The lowest BCUT2D eigenvalue weighted by molar-refractivity contribution is 0.0263. The van der Waals surface area contributed by atoms with Crippen molar-refractivity contribution >= 4 is 29.9 Å². The number of hydrogen-bond donors (Lipinski definition) is 1. The second kappa shape index (κ2) is 10.2. The molecule has 1 N–H and O–H groups in total. The van der Waals surface area contributed by atoms with Gasteiger partial charge in [0.1, 0.15) is 0 Å². The molecule has 0 aromatic heterocycles. The summed E-state index contributed by atoms with van der Waals surface area (Å²) in [5, 5.41) is 3.56. The van der Waals surface area contributed by atoms with Crippen LogP contribution in [0.4, 0.5) is 0 Å². The van der Waals surface area contributed by atoms with Crippen LogP contribution in [0.5, 0.6) is 0 Å². The maximum Gasteiger partial charge on any atom is 0.193 e. The monoisotopic (exact) mass is 445 g/mol. The molecule has 136 valence electrons. The van der Waals surface area contributed by atoms with Crippen LogP contribution in [-0.2, 0) is 10.2 Å². The Hall–Kier alpha value is -0.820. The Morgan fingerprint density at radius 2 is 1.88 bits per heavy atom. The molecule has 24 heavy (non-hydrogen) atoms. The molecule has 1 aliphatic rings. The van der Waals surface area contributed by atoms with E-state index < -0.39 is 0 Å². The van der Waals surface area contributed by atoms with Crippen LogP contribution in [0.1, 0.15) is 39.2 Å². The van der Waals surface area contributed by atoms with Crippen molar-refractivity contribution in [2.45, 2.75) is 45.1 Å². The number of piperidine rings is 1. The molecule has 0 amide bonds. The molecule has 0 saturated carbocycles. The van der Waals surface area contributed by atoms with E-state index in [1.165, 1.54) is 5.56 Å². The highest BCUT2D eigenvalue weighted by Gasteiger charge is 2.24. The average Bonchev–Trinajstić information content (AvgIpc) is 2.58. The highest BCUT2D eigenvalue weighted by molar-refractivity contribution is 14.0. The molecule has 0 unspecified atom stereocenters. The Bertz CT molecular complexity index is 497. The van der Waals surface area contributed by atoms with Crippen molar-refractivity contribution in [2.24, 2.45) is 4.99 Å². The van der Waals surface area contributed by atoms with Gasteiger partial charge >= 0.3 is 0 Å². The van der Waals surface area contributed by atoms with Gasteiger partial charge in [-0.3, -0.25) is 4.99 Å². The fraction of sp³-hybridized carbons (Fsp3) is 0.632. The van der Waals surface area contributed by atoms with E-state index in [1.54, 1.807) is 0 Å². The summed E-state index contributed by atoms with van der Waals surface area (Å²) < 4.78 is 5.73. The second-order valence-corrected chi connectivity index (χ2v) is 6.79. The number of guanidine groups is 1. The normalized spacial score (nSPS) is 16.7. The van der Waals surface area contributed by atoms with Crippen LogP contribution in [0.2, 0.25) is 0 Å². The maximum atomic E-state index is 5.73. The first-order valence-corrected chi connectivity index (χ1v) is 8.69. The van der Waals surface area contributed by atoms with Gasteiger partial charge in [0, 0.05) is 38.7 Å². The lowest BCUT2D eigenvalue weighted by Crippen LogP contribution is -2.49. The van der Waals surface area contributed by atoms with E-state index in [0.29, 0.717) is 6.10 Å². The van der Waals surface area contributed by atoms with Crippen LogP contribution in [0, 0.1) is 0 Å². The van der Waals surface area contributed by atoms with Crippen molar-refractivity contribution in [3.8, 4) is 0 Å². The molecule has 1 fully saturated rings. The third kappa shape index (κ3) is 5.92. The van der Waals surface area contributed by atoms with E-state index in [-0.39, 0.29) is 29.4 Å². The number of hydrogen-bond acceptors (Lipinski definition) is 2. The van der Waals surface area contributed by atoms with Crippen molar-refractivity contribution in [1.82, 2.24) is 10.2 Å². The standard InChI is InChI=1S/C19H31N3O.HI/c1-5-23-17-11-13-22(14-12-17)18(20-4)21-15-19(2,3)16-9-7-6-8-10-16;/h6-10,17H,5,11-15H2,1-4H3,(H,20,21);1H. The highest BCUT2D eigenvalue weighted by Crippen LogP contribution is 2.22. The van der Waals surface area contributed by atoms with Gasteiger partial charge in [-0.1, -0.05) is 44.2 Å². The van der Waals surface area contributed by atoms with Gasteiger partial charge in [-0.25, -0.2) is 0 Å². The summed E-state index contributed by atoms with van der Waals surface area (Å²) in [6.45, 7) is 10.3. The van der Waals surface area contributed by atoms with Crippen LogP contribution >= 0.6 is 24.0 Å². The zero-order chi connectivity index (χ0) is 16.7. The topological polar surface area (TPSA) is 36.9 Å². The summed E-state index contributed by atoms with van der Waals surface area (Å²) in [4.78, 5) is 6.81. The van der Waals surface area contributed by atoms with E-state index >= 15 is 0 Å². The zero-order valence-corrected chi connectivity index (χ0v) is 17.7. The lowest BCUT2D eigenvalue weighted by atomic mass is 9.85. The summed E-state index contributed by atoms with van der Waals surface area (Å²) in [6.07, 6.45) is 2.57. The van der Waals surface area contributed by atoms with Crippen LogP contribution in [0.3, 0.4) is 0 Å². The largest absolute Gasteiger partial charge is 0.378 e. The Kier molecular flexibility index (Phi) is 9.05. The molecule has 1 aliphatic heterocycles. The summed E-state index contributed by atoms with van der Waals surface area (Å²) in [6, 6.07) is 10.7. The molecular weight excluding hydrogens is 413 g/mol. The van der Waals surface area contributed by atoms with Gasteiger partial charge in [0.2, 0.25) is 0 Å². The molecule has 2 rings (SSSR count).